The molecule has 1 aromatic heterocycles. The van der Waals surface area contributed by atoms with Crippen LogP contribution in [0.1, 0.15) is 13.3 Å². The number of hydrogen-bond acceptors (Lipinski definition) is 7. The van der Waals surface area contributed by atoms with Gasteiger partial charge in [0.2, 0.25) is 15.9 Å². The zero-order valence-electron chi connectivity index (χ0n) is 13.2. The molecule has 0 unspecified atom stereocenters. The molecule has 0 spiro atoms. The number of anilines is 1. The van der Waals surface area contributed by atoms with Crippen LogP contribution in [0.25, 0.3) is 0 Å². The molecule has 0 N–H and O–H groups in total. The second-order valence-electron chi connectivity index (χ2n) is 5.60. The van der Waals surface area contributed by atoms with Crippen LogP contribution in [0, 0.1) is 0 Å². The maximum absolute atomic E-state index is 11.9. The van der Waals surface area contributed by atoms with Gasteiger partial charge in [-0.05, 0) is 13.3 Å². The molecule has 0 saturated carbocycles. The van der Waals surface area contributed by atoms with Gasteiger partial charge in [-0.1, -0.05) is 0 Å². The van der Waals surface area contributed by atoms with Crippen LogP contribution in [0.4, 0.5) is 5.82 Å². The Bertz CT molecular complexity index is 633. The summed E-state index contributed by atoms with van der Waals surface area (Å²) < 4.78 is 36.5. The Balaban J connectivity index is 1.62. The van der Waals surface area contributed by atoms with Gasteiger partial charge in [0.15, 0.2) is 0 Å². The molecule has 1 aromatic rings. The second-order valence-corrected chi connectivity index (χ2v) is 7.86. The zero-order valence-corrected chi connectivity index (χ0v) is 14.0. The monoisotopic (exact) mass is 342 g/mol. The van der Waals surface area contributed by atoms with Gasteiger partial charge in [0.25, 0.3) is 0 Å². The van der Waals surface area contributed by atoms with Crippen molar-refractivity contribution in [2.45, 2.75) is 19.4 Å². The predicted molar refractivity (Wildman–Crippen MR) is 85.1 cm³/mol. The van der Waals surface area contributed by atoms with Crippen LogP contribution >= 0.6 is 0 Å². The molecule has 128 valence electrons. The Labute approximate surface area is 136 Å². The summed E-state index contributed by atoms with van der Waals surface area (Å²) in [6.07, 6.45) is 2.00. The average molecular weight is 342 g/mol. The maximum Gasteiger partial charge on any atom is 0.218 e. The summed E-state index contributed by atoms with van der Waals surface area (Å²) in [5, 5.41) is 0. The van der Waals surface area contributed by atoms with E-state index in [-0.39, 0.29) is 11.9 Å². The summed E-state index contributed by atoms with van der Waals surface area (Å²) in [5.41, 5.74) is 0. The molecule has 2 fully saturated rings. The van der Waals surface area contributed by atoms with Crippen LogP contribution in [-0.2, 0) is 14.8 Å². The third-order valence-electron chi connectivity index (χ3n) is 4.12. The lowest BCUT2D eigenvalue weighted by molar-refractivity contribution is 0.122. The van der Waals surface area contributed by atoms with Gasteiger partial charge in [0.05, 0.1) is 25.5 Å². The van der Waals surface area contributed by atoms with E-state index >= 15 is 0 Å². The van der Waals surface area contributed by atoms with Crippen molar-refractivity contribution in [3.63, 3.8) is 0 Å². The van der Waals surface area contributed by atoms with Crippen molar-refractivity contribution in [1.82, 2.24) is 14.3 Å². The number of ether oxygens (including phenoxy) is 2. The van der Waals surface area contributed by atoms with Crippen molar-refractivity contribution in [1.29, 1.82) is 0 Å². The number of hydrogen-bond donors (Lipinski definition) is 0. The Morgan fingerprint density at radius 1 is 1.30 bits per heavy atom. The highest BCUT2D eigenvalue weighted by molar-refractivity contribution is 7.89. The molecule has 3 heterocycles. The largest absolute Gasteiger partial charge is 0.473 e. The van der Waals surface area contributed by atoms with Gasteiger partial charge in [-0.3, -0.25) is 0 Å². The maximum atomic E-state index is 11.9. The summed E-state index contributed by atoms with van der Waals surface area (Å²) in [5.74, 6) is 1.42. The van der Waals surface area contributed by atoms with Crippen LogP contribution in [-0.4, -0.2) is 73.9 Å². The van der Waals surface area contributed by atoms with E-state index in [1.165, 1.54) is 10.6 Å². The molecule has 2 aliphatic heterocycles. The first-order valence-electron chi connectivity index (χ1n) is 7.87. The van der Waals surface area contributed by atoms with Crippen molar-refractivity contribution in [3.8, 4) is 5.88 Å². The van der Waals surface area contributed by atoms with E-state index in [4.69, 9.17) is 9.47 Å². The normalized spacial score (nSPS) is 23.2. The molecule has 0 aliphatic carbocycles. The third-order valence-corrected chi connectivity index (χ3v) is 5.96. The molecule has 1 atom stereocenters. The Morgan fingerprint density at radius 2 is 2.09 bits per heavy atom. The van der Waals surface area contributed by atoms with Crippen molar-refractivity contribution in [2.75, 3.05) is 50.0 Å². The molecule has 23 heavy (non-hydrogen) atoms. The van der Waals surface area contributed by atoms with Gasteiger partial charge in [-0.15, -0.1) is 0 Å². The van der Waals surface area contributed by atoms with E-state index in [1.807, 2.05) is 6.07 Å². The minimum absolute atomic E-state index is 0.119. The molecule has 0 radical (unpaired) electrons. The minimum atomic E-state index is -3.15. The molecule has 9 heteroatoms. The number of morpholine rings is 1. The van der Waals surface area contributed by atoms with Crippen LogP contribution in [0.15, 0.2) is 12.4 Å². The zero-order chi connectivity index (χ0) is 16.3. The van der Waals surface area contributed by atoms with Gasteiger partial charge in [0.1, 0.15) is 18.2 Å². The van der Waals surface area contributed by atoms with E-state index in [2.05, 4.69) is 14.9 Å². The van der Waals surface area contributed by atoms with E-state index in [1.54, 1.807) is 6.92 Å². The highest BCUT2D eigenvalue weighted by Crippen LogP contribution is 2.22. The van der Waals surface area contributed by atoms with Crippen LogP contribution < -0.4 is 9.64 Å². The van der Waals surface area contributed by atoms with E-state index in [9.17, 15) is 8.42 Å². The average Bonchev–Trinajstić information content (AvgIpc) is 3.05. The first-order chi connectivity index (χ1) is 11.1. The second kappa shape index (κ2) is 6.98. The Kier molecular flexibility index (Phi) is 4.98. The number of nitrogens with zero attached hydrogens (tertiary/aromatic N) is 4. The molecule has 0 aromatic carbocycles. The summed E-state index contributed by atoms with van der Waals surface area (Å²) in [6, 6.07) is 1.81. The number of sulfonamides is 1. The number of rotatable bonds is 5. The number of aromatic nitrogens is 2. The van der Waals surface area contributed by atoms with Crippen molar-refractivity contribution in [3.05, 3.63) is 12.4 Å². The van der Waals surface area contributed by atoms with Gasteiger partial charge in [0, 0.05) is 25.7 Å². The lowest BCUT2D eigenvalue weighted by Gasteiger charge is -2.27. The summed E-state index contributed by atoms with van der Waals surface area (Å²) in [4.78, 5) is 10.5. The first-order valence-corrected chi connectivity index (χ1v) is 9.48. The third kappa shape index (κ3) is 3.91. The molecular formula is C14H22N4O4S. The molecule has 2 saturated heterocycles. The molecule has 0 bridgehead atoms. The summed E-state index contributed by atoms with van der Waals surface area (Å²) >= 11 is 0. The quantitative estimate of drug-likeness (QED) is 0.751. The molecule has 8 nitrogen and oxygen atoms in total. The van der Waals surface area contributed by atoms with E-state index < -0.39 is 10.0 Å². The molecule has 3 rings (SSSR count). The van der Waals surface area contributed by atoms with Gasteiger partial charge in [-0.2, -0.15) is 4.31 Å². The summed E-state index contributed by atoms with van der Waals surface area (Å²) in [7, 11) is -3.15. The molecule has 2 aliphatic rings. The summed E-state index contributed by atoms with van der Waals surface area (Å²) in [6.45, 7) is 5.50. The van der Waals surface area contributed by atoms with Crippen molar-refractivity contribution in [2.24, 2.45) is 0 Å². The predicted octanol–water partition coefficient (Wildman–Crippen LogP) is 0.116. The fraction of sp³-hybridized carbons (Fsp3) is 0.714. The minimum Gasteiger partial charge on any atom is -0.473 e. The standard InChI is InChI=1S/C14H22N4O4S/c1-2-23(19,20)18-4-3-12(10-18)22-14-9-13(15-11-16-14)17-5-7-21-8-6-17/h9,11-12H,2-8,10H2,1H3/t12-/m0/s1. The Hall–Kier alpha value is -1.45. The van der Waals surface area contributed by atoms with Gasteiger partial charge < -0.3 is 14.4 Å². The Morgan fingerprint density at radius 3 is 2.83 bits per heavy atom. The van der Waals surface area contributed by atoms with Crippen LogP contribution in [0.2, 0.25) is 0 Å². The molecular weight excluding hydrogens is 320 g/mol. The molecule has 0 amide bonds. The van der Waals surface area contributed by atoms with Crippen molar-refractivity contribution < 1.29 is 17.9 Å². The van der Waals surface area contributed by atoms with Gasteiger partial charge in [-0.25, -0.2) is 18.4 Å². The lowest BCUT2D eigenvalue weighted by atomic mass is 10.3. The first kappa shape index (κ1) is 16.4. The fourth-order valence-electron chi connectivity index (χ4n) is 2.76. The highest BCUT2D eigenvalue weighted by Gasteiger charge is 2.31. The van der Waals surface area contributed by atoms with Crippen molar-refractivity contribution >= 4 is 15.8 Å². The topological polar surface area (TPSA) is 84.9 Å². The van der Waals surface area contributed by atoms with Gasteiger partial charge >= 0.3 is 0 Å². The van der Waals surface area contributed by atoms with E-state index in [0.717, 1.165) is 18.9 Å². The lowest BCUT2D eigenvalue weighted by Crippen LogP contribution is -2.36. The SMILES string of the molecule is CCS(=O)(=O)N1CC[C@H](Oc2cc(N3CCOCC3)ncn2)C1. The fourth-order valence-corrected chi connectivity index (χ4v) is 3.90. The van der Waals surface area contributed by atoms with Crippen LogP contribution in [0.5, 0.6) is 5.88 Å². The van der Waals surface area contributed by atoms with Crippen LogP contribution in [0.3, 0.4) is 0 Å². The smallest absolute Gasteiger partial charge is 0.218 e. The van der Waals surface area contributed by atoms with E-state index in [0.29, 0.717) is 38.6 Å². The highest BCUT2D eigenvalue weighted by atomic mass is 32.2.